The maximum absolute atomic E-state index is 12.6. The van der Waals surface area contributed by atoms with Crippen LogP contribution in [0.3, 0.4) is 0 Å². The van der Waals surface area contributed by atoms with Crippen LogP contribution < -0.4 is 11.1 Å². The SMILES string of the molecule is Nc1ccc(-c2cnc(NC(=O)Cc3ccc(O)cc3)c(-c3ccccc3)n2)cc1. The second-order valence-electron chi connectivity index (χ2n) is 6.83. The topological polar surface area (TPSA) is 101 Å². The fraction of sp³-hybridized carbons (Fsp3) is 0.0417. The number of hydrogen-bond acceptors (Lipinski definition) is 5. The van der Waals surface area contributed by atoms with E-state index in [0.29, 0.717) is 22.9 Å². The van der Waals surface area contributed by atoms with E-state index in [1.54, 1.807) is 30.5 Å². The molecule has 4 aromatic rings. The lowest BCUT2D eigenvalue weighted by Gasteiger charge is -2.12. The van der Waals surface area contributed by atoms with Gasteiger partial charge in [-0.15, -0.1) is 0 Å². The standard InChI is InChI=1S/C24H20N4O2/c25-19-10-8-17(9-11-19)21-15-26-24(23(27-21)18-4-2-1-3-5-18)28-22(30)14-16-6-12-20(29)13-7-16/h1-13,15,29H,14,25H2,(H,26,28,30). The van der Waals surface area contributed by atoms with Crippen molar-refractivity contribution in [3.8, 4) is 28.3 Å². The molecule has 6 heteroatoms. The molecule has 0 bridgehead atoms. The summed E-state index contributed by atoms with van der Waals surface area (Å²) >= 11 is 0. The summed E-state index contributed by atoms with van der Waals surface area (Å²) in [5, 5.41) is 12.3. The van der Waals surface area contributed by atoms with Crippen molar-refractivity contribution in [3.05, 3.63) is 90.6 Å². The van der Waals surface area contributed by atoms with Gasteiger partial charge in [-0.3, -0.25) is 4.79 Å². The number of carbonyl (C=O) groups excluding carboxylic acids is 1. The molecule has 0 aliphatic rings. The Kier molecular flexibility index (Phi) is 5.39. The Morgan fingerprint density at radius 3 is 2.30 bits per heavy atom. The van der Waals surface area contributed by atoms with Crippen LogP contribution in [0.5, 0.6) is 5.75 Å². The molecule has 3 aromatic carbocycles. The number of nitrogens with two attached hydrogens (primary N) is 1. The van der Waals surface area contributed by atoms with Gasteiger partial charge in [0.15, 0.2) is 5.82 Å². The van der Waals surface area contributed by atoms with Crippen LogP contribution in [0, 0.1) is 0 Å². The highest BCUT2D eigenvalue weighted by molar-refractivity contribution is 5.94. The molecule has 0 aliphatic carbocycles. The molecule has 0 fully saturated rings. The van der Waals surface area contributed by atoms with Gasteiger partial charge in [-0.25, -0.2) is 9.97 Å². The minimum absolute atomic E-state index is 0.162. The highest BCUT2D eigenvalue weighted by Gasteiger charge is 2.14. The first kappa shape index (κ1) is 19.1. The molecule has 0 saturated heterocycles. The largest absolute Gasteiger partial charge is 0.508 e. The Balaban J connectivity index is 1.65. The van der Waals surface area contributed by atoms with E-state index < -0.39 is 0 Å². The maximum atomic E-state index is 12.6. The third-order valence-corrected chi connectivity index (χ3v) is 4.59. The number of rotatable bonds is 5. The molecule has 0 radical (unpaired) electrons. The van der Waals surface area contributed by atoms with Crippen LogP contribution >= 0.6 is 0 Å². The fourth-order valence-electron chi connectivity index (χ4n) is 3.05. The van der Waals surface area contributed by atoms with Gasteiger partial charge in [0.05, 0.1) is 18.3 Å². The minimum Gasteiger partial charge on any atom is -0.508 e. The molecule has 0 unspecified atom stereocenters. The minimum atomic E-state index is -0.215. The number of hydrogen-bond donors (Lipinski definition) is 3. The highest BCUT2D eigenvalue weighted by atomic mass is 16.3. The molecule has 1 aromatic heterocycles. The van der Waals surface area contributed by atoms with Crippen molar-refractivity contribution in [2.75, 3.05) is 11.1 Å². The summed E-state index contributed by atoms with van der Waals surface area (Å²) in [4.78, 5) is 21.8. The number of phenolic OH excluding ortho intramolecular Hbond substituents is 1. The van der Waals surface area contributed by atoms with Crippen molar-refractivity contribution >= 4 is 17.4 Å². The number of phenols is 1. The molecule has 1 heterocycles. The second kappa shape index (κ2) is 8.45. The number of carbonyl (C=O) groups is 1. The van der Waals surface area contributed by atoms with Crippen LogP contribution in [-0.2, 0) is 11.2 Å². The summed E-state index contributed by atoms with van der Waals surface area (Å²) in [6, 6.07) is 23.5. The van der Waals surface area contributed by atoms with Crippen LogP contribution in [0.4, 0.5) is 11.5 Å². The van der Waals surface area contributed by atoms with Crippen LogP contribution in [0.2, 0.25) is 0 Å². The molecule has 0 atom stereocenters. The highest BCUT2D eigenvalue weighted by Crippen LogP contribution is 2.28. The summed E-state index contributed by atoms with van der Waals surface area (Å²) in [7, 11) is 0. The number of nitrogens with zero attached hydrogens (tertiary/aromatic N) is 2. The first-order chi connectivity index (χ1) is 14.6. The van der Waals surface area contributed by atoms with Gasteiger partial charge in [0.2, 0.25) is 5.91 Å². The Hall–Kier alpha value is -4.19. The first-order valence-corrected chi connectivity index (χ1v) is 9.44. The summed E-state index contributed by atoms with van der Waals surface area (Å²) in [5.74, 6) is 0.339. The summed E-state index contributed by atoms with van der Waals surface area (Å²) in [6.07, 6.45) is 1.80. The number of aromatic nitrogens is 2. The second-order valence-corrected chi connectivity index (χ2v) is 6.83. The predicted molar refractivity (Wildman–Crippen MR) is 118 cm³/mol. The number of aromatic hydroxyl groups is 1. The Bertz CT molecular complexity index is 1160. The van der Waals surface area contributed by atoms with Gasteiger partial charge >= 0.3 is 0 Å². The molecule has 0 saturated carbocycles. The van der Waals surface area contributed by atoms with Gasteiger partial charge in [-0.1, -0.05) is 54.6 Å². The summed E-state index contributed by atoms with van der Waals surface area (Å²) < 4.78 is 0. The number of nitrogen functional groups attached to an aromatic ring is 1. The van der Waals surface area contributed by atoms with Crippen LogP contribution in [0.1, 0.15) is 5.56 Å². The number of benzene rings is 3. The number of anilines is 2. The van der Waals surface area contributed by atoms with Crippen molar-refractivity contribution in [2.24, 2.45) is 0 Å². The number of nitrogens with one attached hydrogen (secondary N) is 1. The van der Waals surface area contributed by atoms with Crippen molar-refractivity contribution < 1.29 is 9.90 Å². The van der Waals surface area contributed by atoms with Gasteiger partial charge in [0, 0.05) is 16.8 Å². The fourth-order valence-corrected chi connectivity index (χ4v) is 3.05. The molecular formula is C24H20N4O2. The van der Waals surface area contributed by atoms with E-state index in [2.05, 4.69) is 10.3 Å². The average Bonchev–Trinajstić information content (AvgIpc) is 2.77. The Morgan fingerprint density at radius 1 is 0.900 bits per heavy atom. The zero-order valence-electron chi connectivity index (χ0n) is 16.1. The lowest BCUT2D eigenvalue weighted by atomic mass is 10.1. The molecule has 1 amide bonds. The normalized spacial score (nSPS) is 10.5. The third-order valence-electron chi connectivity index (χ3n) is 4.59. The summed E-state index contributed by atoms with van der Waals surface area (Å²) in [5.41, 5.74) is 10.2. The van der Waals surface area contributed by atoms with Gasteiger partial charge in [0.25, 0.3) is 0 Å². The van der Waals surface area contributed by atoms with Crippen molar-refractivity contribution in [3.63, 3.8) is 0 Å². The third kappa shape index (κ3) is 4.44. The molecule has 148 valence electrons. The van der Waals surface area contributed by atoms with E-state index in [1.807, 2.05) is 54.6 Å². The molecule has 4 N–H and O–H groups in total. The van der Waals surface area contributed by atoms with E-state index in [1.165, 1.54) is 0 Å². The number of amides is 1. The average molecular weight is 396 g/mol. The van der Waals surface area contributed by atoms with Gasteiger partial charge in [-0.2, -0.15) is 0 Å². The Labute approximate surface area is 174 Å². The van der Waals surface area contributed by atoms with Crippen molar-refractivity contribution in [1.82, 2.24) is 9.97 Å². The van der Waals surface area contributed by atoms with E-state index in [9.17, 15) is 9.90 Å². The smallest absolute Gasteiger partial charge is 0.230 e. The monoisotopic (exact) mass is 396 g/mol. The van der Waals surface area contributed by atoms with Gasteiger partial charge in [-0.05, 0) is 29.8 Å². The predicted octanol–water partition coefficient (Wildman–Crippen LogP) is 4.28. The molecule has 4 rings (SSSR count). The van der Waals surface area contributed by atoms with E-state index in [-0.39, 0.29) is 18.1 Å². The van der Waals surface area contributed by atoms with E-state index >= 15 is 0 Å². The first-order valence-electron chi connectivity index (χ1n) is 9.44. The zero-order chi connectivity index (χ0) is 20.9. The van der Waals surface area contributed by atoms with E-state index in [4.69, 9.17) is 10.7 Å². The molecule has 0 spiro atoms. The van der Waals surface area contributed by atoms with Crippen LogP contribution in [-0.4, -0.2) is 21.0 Å². The Morgan fingerprint density at radius 2 is 1.60 bits per heavy atom. The van der Waals surface area contributed by atoms with Crippen LogP contribution in [0.25, 0.3) is 22.5 Å². The van der Waals surface area contributed by atoms with Gasteiger partial charge in [0.1, 0.15) is 11.4 Å². The van der Waals surface area contributed by atoms with Crippen LogP contribution in [0.15, 0.2) is 85.1 Å². The zero-order valence-corrected chi connectivity index (χ0v) is 16.1. The van der Waals surface area contributed by atoms with Crippen molar-refractivity contribution in [1.29, 1.82) is 0 Å². The summed E-state index contributed by atoms with van der Waals surface area (Å²) in [6.45, 7) is 0. The van der Waals surface area contributed by atoms with Gasteiger partial charge < -0.3 is 16.2 Å². The molecule has 6 nitrogen and oxygen atoms in total. The lowest BCUT2D eigenvalue weighted by molar-refractivity contribution is -0.115. The lowest BCUT2D eigenvalue weighted by Crippen LogP contribution is -2.16. The van der Waals surface area contributed by atoms with E-state index in [0.717, 1.165) is 16.7 Å². The molecule has 30 heavy (non-hydrogen) atoms. The quantitative estimate of drug-likeness (QED) is 0.437. The molecular weight excluding hydrogens is 376 g/mol. The maximum Gasteiger partial charge on any atom is 0.230 e. The molecule has 0 aliphatic heterocycles. The van der Waals surface area contributed by atoms with Crippen molar-refractivity contribution in [2.45, 2.75) is 6.42 Å².